The lowest BCUT2D eigenvalue weighted by molar-refractivity contribution is 0.0587. The van der Waals surface area contributed by atoms with Crippen LogP contribution in [0.25, 0.3) is 0 Å². The fourth-order valence-corrected chi connectivity index (χ4v) is 2.76. The van der Waals surface area contributed by atoms with Crippen LogP contribution in [0.2, 0.25) is 0 Å². The number of nitrogens with two attached hydrogens (primary N) is 1. The summed E-state index contributed by atoms with van der Waals surface area (Å²) >= 11 is 0. The van der Waals surface area contributed by atoms with Gasteiger partial charge in [0.1, 0.15) is 12.7 Å². The number of para-hydroxylation sites is 2. The van der Waals surface area contributed by atoms with E-state index in [9.17, 15) is 0 Å². The first kappa shape index (κ1) is 16.1. The van der Waals surface area contributed by atoms with Crippen LogP contribution in [0.5, 0.6) is 11.5 Å². The molecular formula is C17H28N2O2. The Morgan fingerprint density at radius 3 is 2.62 bits per heavy atom. The van der Waals surface area contributed by atoms with Crippen molar-refractivity contribution in [3.63, 3.8) is 0 Å². The summed E-state index contributed by atoms with van der Waals surface area (Å²) in [7, 11) is 0. The number of hydrogen-bond donors (Lipinski definition) is 2. The summed E-state index contributed by atoms with van der Waals surface area (Å²) in [5.41, 5.74) is 2.90. The van der Waals surface area contributed by atoms with Gasteiger partial charge in [-0.15, -0.1) is 0 Å². The Morgan fingerprint density at radius 2 is 1.86 bits per heavy atom. The van der Waals surface area contributed by atoms with Crippen LogP contribution in [0.15, 0.2) is 24.3 Å². The van der Waals surface area contributed by atoms with Crippen molar-refractivity contribution in [3.8, 4) is 11.5 Å². The third-order valence-corrected chi connectivity index (χ3v) is 4.06. The number of rotatable bonds is 9. The highest BCUT2D eigenvalue weighted by Crippen LogP contribution is 2.32. The predicted molar refractivity (Wildman–Crippen MR) is 85.5 cm³/mol. The molecule has 2 atom stereocenters. The summed E-state index contributed by atoms with van der Waals surface area (Å²) in [6.07, 6.45) is 8.75. The first-order chi connectivity index (χ1) is 10.3. The van der Waals surface area contributed by atoms with Gasteiger partial charge in [0.05, 0.1) is 6.04 Å². The highest BCUT2D eigenvalue weighted by Gasteiger charge is 2.27. The Labute approximate surface area is 128 Å². The lowest BCUT2D eigenvalue weighted by atomic mass is 10.0. The average molecular weight is 292 g/mol. The van der Waals surface area contributed by atoms with E-state index >= 15 is 0 Å². The fraction of sp³-hybridized carbons (Fsp3) is 0.647. The van der Waals surface area contributed by atoms with Crippen molar-refractivity contribution >= 4 is 0 Å². The van der Waals surface area contributed by atoms with Crippen LogP contribution in [0, 0.1) is 0 Å². The number of nitrogens with one attached hydrogen (secondary N) is 1. The molecular weight excluding hydrogens is 264 g/mol. The van der Waals surface area contributed by atoms with Crippen molar-refractivity contribution in [1.29, 1.82) is 0 Å². The smallest absolute Gasteiger partial charge is 0.161 e. The van der Waals surface area contributed by atoms with Gasteiger partial charge in [-0.25, -0.2) is 0 Å². The normalized spacial score (nSPS) is 18.5. The topological polar surface area (TPSA) is 56.5 Å². The number of benzene rings is 1. The molecule has 1 heterocycles. The van der Waals surface area contributed by atoms with E-state index in [-0.39, 0.29) is 12.1 Å². The van der Waals surface area contributed by atoms with Gasteiger partial charge in [-0.3, -0.25) is 11.3 Å². The van der Waals surface area contributed by atoms with Gasteiger partial charge in [0.25, 0.3) is 0 Å². The second-order valence-electron chi connectivity index (χ2n) is 5.74. The lowest BCUT2D eigenvalue weighted by Crippen LogP contribution is -2.50. The third-order valence-electron chi connectivity index (χ3n) is 4.06. The first-order valence-corrected chi connectivity index (χ1v) is 8.19. The highest BCUT2D eigenvalue weighted by atomic mass is 16.6. The molecule has 0 saturated heterocycles. The maximum atomic E-state index is 6.01. The Balaban J connectivity index is 1.74. The molecule has 0 aliphatic carbocycles. The van der Waals surface area contributed by atoms with Crippen molar-refractivity contribution in [2.75, 3.05) is 6.61 Å². The minimum atomic E-state index is -0.0134. The molecule has 0 fully saturated rings. The van der Waals surface area contributed by atoms with Crippen molar-refractivity contribution < 1.29 is 9.47 Å². The molecule has 0 radical (unpaired) electrons. The third kappa shape index (κ3) is 4.90. The monoisotopic (exact) mass is 292 g/mol. The van der Waals surface area contributed by atoms with E-state index in [4.69, 9.17) is 15.3 Å². The molecule has 4 heteroatoms. The van der Waals surface area contributed by atoms with Crippen LogP contribution >= 0.6 is 0 Å². The first-order valence-electron chi connectivity index (χ1n) is 8.19. The van der Waals surface area contributed by atoms with E-state index in [1.54, 1.807) is 0 Å². The second kappa shape index (κ2) is 8.90. The van der Waals surface area contributed by atoms with Gasteiger partial charge < -0.3 is 9.47 Å². The van der Waals surface area contributed by atoms with Crippen LogP contribution < -0.4 is 20.7 Å². The molecule has 0 bridgehead atoms. The summed E-state index contributed by atoms with van der Waals surface area (Å²) in [5.74, 6) is 7.34. The molecule has 3 N–H and O–H groups in total. The van der Waals surface area contributed by atoms with Gasteiger partial charge >= 0.3 is 0 Å². The van der Waals surface area contributed by atoms with Crippen LogP contribution in [0.4, 0.5) is 0 Å². The molecule has 1 aromatic carbocycles. The predicted octanol–water partition coefficient (Wildman–Crippen LogP) is 3.41. The Hall–Kier alpha value is -1.26. The zero-order valence-corrected chi connectivity index (χ0v) is 13.0. The minimum absolute atomic E-state index is 0.0134. The Morgan fingerprint density at radius 1 is 1.14 bits per heavy atom. The van der Waals surface area contributed by atoms with E-state index in [0.29, 0.717) is 6.61 Å². The maximum Gasteiger partial charge on any atom is 0.161 e. The Bertz CT molecular complexity index is 412. The highest BCUT2D eigenvalue weighted by molar-refractivity contribution is 5.40. The van der Waals surface area contributed by atoms with Crippen LogP contribution in [0.1, 0.15) is 51.9 Å². The van der Waals surface area contributed by atoms with Crippen molar-refractivity contribution in [3.05, 3.63) is 24.3 Å². The molecule has 1 aliphatic rings. The van der Waals surface area contributed by atoms with Crippen molar-refractivity contribution in [2.45, 2.75) is 64.0 Å². The zero-order chi connectivity index (χ0) is 14.9. The number of ether oxygens (including phenoxy) is 2. The summed E-state index contributed by atoms with van der Waals surface area (Å²) in [4.78, 5) is 0. The van der Waals surface area contributed by atoms with Crippen molar-refractivity contribution in [2.24, 2.45) is 5.84 Å². The molecule has 0 spiro atoms. The molecule has 21 heavy (non-hydrogen) atoms. The number of fused-ring (bicyclic) bond motifs is 1. The number of unbranched alkanes of at least 4 members (excludes halogenated alkanes) is 5. The maximum absolute atomic E-state index is 6.01. The van der Waals surface area contributed by atoms with E-state index in [1.807, 2.05) is 24.3 Å². The SMILES string of the molecule is CCCCCCCCC(NN)C1COc2ccccc2O1. The molecule has 118 valence electrons. The molecule has 0 amide bonds. The molecule has 1 aromatic rings. The average Bonchev–Trinajstić information content (AvgIpc) is 2.54. The number of hydrazine groups is 1. The van der Waals surface area contributed by atoms with Gasteiger partial charge in [-0.05, 0) is 18.6 Å². The standard InChI is InChI=1S/C17H28N2O2/c1-2-3-4-5-6-7-10-14(19-18)17-13-20-15-11-8-9-12-16(15)21-17/h8-9,11-12,14,17,19H,2-7,10,13,18H2,1H3. The Kier molecular flexibility index (Phi) is 6.83. The quantitative estimate of drug-likeness (QED) is 0.416. The van der Waals surface area contributed by atoms with Gasteiger partial charge in [-0.1, -0.05) is 57.6 Å². The van der Waals surface area contributed by atoms with Crippen LogP contribution in [-0.4, -0.2) is 18.8 Å². The van der Waals surface area contributed by atoms with Gasteiger partial charge in [0.15, 0.2) is 11.5 Å². The van der Waals surface area contributed by atoms with E-state index in [1.165, 1.54) is 38.5 Å². The summed E-state index contributed by atoms with van der Waals surface area (Å²) in [6.45, 7) is 2.80. The molecule has 2 rings (SSSR count). The second-order valence-corrected chi connectivity index (χ2v) is 5.74. The fourth-order valence-electron chi connectivity index (χ4n) is 2.76. The largest absolute Gasteiger partial charge is 0.486 e. The summed E-state index contributed by atoms with van der Waals surface area (Å²) in [6, 6.07) is 7.94. The van der Waals surface area contributed by atoms with Gasteiger partial charge in [0.2, 0.25) is 0 Å². The lowest BCUT2D eigenvalue weighted by Gasteiger charge is -2.31. The summed E-state index contributed by atoms with van der Waals surface area (Å²) < 4.78 is 11.8. The molecule has 0 saturated carbocycles. The van der Waals surface area contributed by atoms with Crippen LogP contribution in [0.3, 0.4) is 0 Å². The van der Waals surface area contributed by atoms with Gasteiger partial charge in [0, 0.05) is 0 Å². The van der Waals surface area contributed by atoms with E-state index < -0.39 is 0 Å². The van der Waals surface area contributed by atoms with E-state index in [0.717, 1.165) is 17.9 Å². The van der Waals surface area contributed by atoms with Crippen molar-refractivity contribution in [1.82, 2.24) is 5.43 Å². The molecule has 1 aliphatic heterocycles. The molecule has 4 nitrogen and oxygen atoms in total. The zero-order valence-electron chi connectivity index (χ0n) is 13.0. The van der Waals surface area contributed by atoms with Crippen LogP contribution in [-0.2, 0) is 0 Å². The molecule has 0 aromatic heterocycles. The van der Waals surface area contributed by atoms with E-state index in [2.05, 4.69) is 12.3 Å². The molecule has 2 unspecified atom stereocenters. The summed E-state index contributed by atoms with van der Waals surface area (Å²) in [5, 5.41) is 0. The van der Waals surface area contributed by atoms with Gasteiger partial charge in [-0.2, -0.15) is 0 Å². The number of hydrogen-bond acceptors (Lipinski definition) is 4. The minimum Gasteiger partial charge on any atom is -0.486 e.